The molecule has 2 aliphatic heterocycles. The minimum absolute atomic E-state index is 0.167. The SMILES string of the molecule is NC(=O)c1ccc(OCCCN2CCC3(CC2)OCCc2cn[nH]c23)cc1. The number of ether oxygens (including phenoxy) is 2. The van der Waals surface area contributed by atoms with Crippen molar-refractivity contribution in [3.63, 3.8) is 0 Å². The molecule has 4 rings (SSSR count). The van der Waals surface area contributed by atoms with Crippen LogP contribution in [0.3, 0.4) is 0 Å². The van der Waals surface area contributed by atoms with E-state index in [0.717, 1.165) is 57.7 Å². The van der Waals surface area contributed by atoms with Crippen LogP contribution in [0.5, 0.6) is 5.75 Å². The van der Waals surface area contributed by atoms with Crippen molar-refractivity contribution < 1.29 is 14.3 Å². The monoisotopic (exact) mass is 370 g/mol. The molecule has 144 valence electrons. The molecule has 0 radical (unpaired) electrons. The Kier molecular flexibility index (Phi) is 5.13. The number of hydrogen-bond donors (Lipinski definition) is 2. The zero-order chi connectivity index (χ0) is 18.7. The molecule has 7 heteroatoms. The summed E-state index contributed by atoms with van der Waals surface area (Å²) < 4.78 is 12.0. The highest BCUT2D eigenvalue weighted by Gasteiger charge is 2.42. The van der Waals surface area contributed by atoms with Crippen molar-refractivity contribution in [1.29, 1.82) is 0 Å². The lowest BCUT2D eigenvalue weighted by Gasteiger charge is -2.43. The number of primary amides is 1. The predicted molar refractivity (Wildman–Crippen MR) is 101 cm³/mol. The average Bonchev–Trinajstić information content (AvgIpc) is 3.18. The Hall–Kier alpha value is -2.38. The number of fused-ring (bicyclic) bond motifs is 2. The van der Waals surface area contributed by atoms with Crippen molar-refractivity contribution in [3.05, 3.63) is 47.3 Å². The number of nitrogens with two attached hydrogens (primary N) is 1. The number of likely N-dealkylation sites (tertiary alicyclic amines) is 1. The molecule has 1 amide bonds. The third-order valence-corrected chi connectivity index (χ3v) is 5.61. The molecule has 2 aromatic rings. The minimum atomic E-state index is -0.423. The van der Waals surface area contributed by atoms with Gasteiger partial charge in [0.05, 0.1) is 25.1 Å². The largest absolute Gasteiger partial charge is 0.494 e. The molecule has 0 saturated carbocycles. The highest BCUT2D eigenvalue weighted by molar-refractivity contribution is 5.92. The van der Waals surface area contributed by atoms with Crippen LogP contribution in [-0.2, 0) is 16.8 Å². The maximum Gasteiger partial charge on any atom is 0.248 e. The third-order valence-electron chi connectivity index (χ3n) is 5.61. The summed E-state index contributed by atoms with van der Waals surface area (Å²) in [6.45, 7) is 4.48. The zero-order valence-electron chi connectivity index (χ0n) is 15.4. The molecular formula is C20H26N4O3. The van der Waals surface area contributed by atoms with E-state index in [9.17, 15) is 4.79 Å². The van der Waals surface area contributed by atoms with E-state index in [4.69, 9.17) is 15.2 Å². The fourth-order valence-electron chi connectivity index (χ4n) is 4.05. The number of rotatable bonds is 6. The van der Waals surface area contributed by atoms with Crippen LogP contribution in [0.25, 0.3) is 0 Å². The Bertz CT molecular complexity index is 779. The van der Waals surface area contributed by atoms with E-state index in [1.54, 1.807) is 24.3 Å². The zero-order valence-corrected chi connectivity index (χ0v) is 15.4. The molecule has 1 aromatic heterocycles. The van der Waals surface area contributed by atoms with Crippen LogP contribution in [0.4, 0.5) is 0 Å². The second kappa shape index (κ2) is 7.70. The molecule has 1 saturated heterocycles. The number of hydrogen-bond acceptors (Lipinski definition) is 5. The van der Waals surface area contributed by atoms with Gasteiger partial charge in [0.2, 0.25) is 5.91 Å². The number of nitrogens with one attached hydrogen (secondary N) is 1. The predicted octanol–water partition coefficient (Wildman–Crippen LogP) is 1.84. The lowest BCUT2D eigenvalue weighted by molar-refractivity contribution is -0.101. The van der Waals surface area contributed by atoms with E-state index in [2.05, 4.69) is 15.1 Å². The number of aromatic nitrogens is 2. The van der Waals surface area contributed by atoms with Gasteiger partial charge in [-0.05, 0) is 55.5 Å². The van der Waals surface area contributed by atoms with Crippen LogP contribution in [0.1, 0.15) is 40.9 Å². The second-order valence-electron chi connectivity index (χ2n) is 7.30. The number of nitrogens with zero attached hydrogens (tertiary/aromatic N) is 2. The van der Waals surface area contributed by atoms with Gasteiger partial charge in [-0.2, -0.15) is 5.10 Å². The number of amides is 1. The van der Waals surface area contributed by atoms with Crippen molar-refractivity contribution in [2.75, 3.05) is 32.8 Å². The molecular weight excluding hydrogens is 344 g/mol. The lowest BCUT2D eigenvalue weighted by Crippen LogP contribution is -2.47. The molecule has 1 spiro atoms. The Morgan fingerprint density at radius 3 is 2.81 bits per heavy atom. The molecule has 2 aliphatic rings. The normalized spacial score (nSPS) is 19.0. The van der Waals surface area contributed by atoms with Crippen LogP contribution >= 0.6 is 0 Å². The second-order valence-corrected chi connectivity index (χ2v) is 7.30. The average molecular weight is 370 g/mol. The minimum Gasteiger partial charge on any atom is -0.494 e. The first-order valence-corrected chi connectivity index (χ1v) is 9.58. The van der Waals surface area contributed by atoms with Crippen LogP contribution in [0, 0.1) is 0 Å². The maximum atomic E-state index is 11.1. The summed E-state index contributed by atoms with van der Waals surface area (Å²) >= 11 is 0. The quantitative estimate of drug-likeness (QED) is 0.757. The van der Waals surface area contributed by atoms with E-state index in [0.29, 0.717) is 12.2 Å². The fourth-order valence-corrected chi connectivity index (χ4v) is 4.05. The number of piperidine rings is 1. The Labute approximate surface area is 158 Å². The van der Waals surface area contributed by atoms with E-state index < -0.39 is 5.91 Å². The summed E-state index contributed by atoms with van der Waals surface area (Å²) in [6, 6.07) is 6.95. The lowest BCUT2D eigenvalue weighted by atomic mass is 9.84. The summed E-state index contributed by atoms with van der Waals surface area (Å²) in [5.74, 6) is 0.341. The number of aromatic amines is 1. The van der Waals surface area contributed by atoms with Crippen molar-refractivity contribution in [1.82, 2.24) is 15.1 Å². The summed E-state index contributed by atoms with van der Waals surface area (Å²) in [4.78, 5) is 13.5. The van der Waals surface area contributed by atoms with Crippen LogP contribution < -0.4 is 10.5 Å². The van der Waals surface area contributed by atoms with Gasteiger partial charge in [-0.3, -0.25) is 9.89 Å². The highest BCUT2D eigenvalue weighted by Crippen LogP contribution is 2.40. The molecule has 27 heavy (non-hydrogen) atoms. The molecule has 3 heterocycles. The first-order chi connectivity index (χ1) is 13.2. The Balaban J connectivity index is 1.21. The van der Waals surface area contributed by atoms with Crippen LogP contribution in [0.15, 0.2) is 30.5 Å². The van der Waals surface area contributed by atoms with Crippen molar-refractivity contribution in [2.24, 2.45) is 5.73 Å². The number of carbonyl (C=O) groups is 1. The van der Waals surface area contributed by atoms with E-state index >= 15 is 0 Å². The summed E-state index contributed by atoms with van der Waals surface area (Å²) in [6.07, 6.45) is 5.85. The van der Waals surface area contributed by atoms with Gasteiger partial charge in [-0.1, -0.05) is 0 Å². The van der Waals surface area contributed by atoms with Crippen LogP contribution in [-0.4, -0.2) is 53.9 Å². The Morgan fingerprint density at radius 1 is 1.30 bits per heavy atom. The van der Waals surface area contributed by atoms with Gasteiger partial charge in [0.1, 0.15) is 11.4 Å². The molecule has 1 aromatic carbocycles. The summed E-state index contributed by atoms with van der Waals surface area (Å²) in [7, 11) is 0. The molecule has 0 atom stereocenters. The van der Waals surface area contributed by atoms with Gasteiger partial charge in [0, 0.05) is 25.2 Å². The number of benzene rings is 1. The molecule has 1 fully saturated rings. The van der Waals surface area contributed by atoms with Gasteiger partial charge < -0.3 is 20.1 Å². The molecule has 0 aliphatic carbocycles. The topological polar surface area (TPSA) is 93.5 Å². The van der Waals surface area contributed by atoms with Gasteiger partial charge in [0.15, 0.2) is 0 Å². The summed E-state index contributed by atoms with van der Waals surface area (Å²) in [5, 5.41) is 7.39. The molecule has 7 nitrogen and oxygen atoms in total. The molecule has 3 N–H and O–H groups in total. The van der Waals surface area contributed by atoms with Crippen LogP contribution in [0.2, 0.25) is 0 Å². The number of H-pyrrole nitrogens is 1. The Morgan fingerprint density at radius 2 is 2.07 bits per heavy atom. The van der Waals surface area contributed by atoms with Gasteiger partial charge in [-0.25, -0.2) is 0 Å². The van der Waals surface area contributed by atoms with Gasteiger partial charge in [-0.15, -0.1) is 0 Å². The van der Waals surface area contributed by atoms with E-state index in [1.807, 2.05) is 6.20 Å². The highest BCUT2D eigenvalue weighted by atomic mass is 16.5. The van der Waals surface area contributed by atoms with Crippen molar-refractivity contribution in [2.45, 2.75) is 31.3 Å². The standard InChI is InChI=1S/C20H26N4O3/c21-19(25)15-2-4-17(5-3-15)26-12-1-9-24-10-7-20(8-11-24)18-16(6-13-27-20)14-22-23-18/h2-5,14H,1,6-13H2,(H2,21,25)(H,22,23). The molecule has 0 unspecified atom stereocenters. The fraction of sp³-hybridized carbons (Fsp3) is 0.500. The maximum absolute atomic E-state index is 11.1. The van der Waals surface area contributed by atoms with Gasteiger partial charge >= 0.3 is 0 Å². The smallest absolute Gasteiger partial charge is 0.248 e. The van der Waals surface area contributed by atoms with E-state index in [1.165, 1.54) is 11.3 Å². The van der Waals surface area contributed by atoms with E-state index in [-0.39, 0.29) is 5.60 Å². The van der Waals surface area contributed by atoms with Crippen molar-refractivity contribution in [3.8, 4) is 5.75 Å². The molecule has 0 bridgehead atoms. The van der Waals surface area contributed by atoms with Gasteiger partial charge in [0.25, 0.3) is 0 Å². The first kappa shape index (κ1) is 18.0. The van der Waals surface area contributed by atoms with Crippen molar-refractivity contribution >= 4 is 5.91 Å². The first-order valence-electron chi connectivity index (χ1n) is 9.58. The number of carbonyl (C=O) groups excluding carboxylic acids is 1. The summed E-state index contributed by atoms with van der Waals surface area (Å²) in [5.41, 5.74) is 8.07. The third kappa shape index (κ3) is 3.84.